The summed E-state index contributed by atoms with van der Waals surface area (Å²) in [5.41, 5.74) is 4.47. The van der Waals surface area contributed by atoms with Crippen LogP contribution < -0.4 is 19.5 Å². The zero-order valence-corrected chi connectivity index (χ0v) is 26.3. The number of nitrogens with one attached hydrogen (secondary N) is 1. The second kappa shape index (κ2) is 13.9. The fourth-order valence-corrected chi connectivity index (χ4v) is 5.73. The van der Waals surface area contributed by atoms with Gasteiger partial charge in [-0.2, -0.15) is 0 Å². The van der Waals surface area contributed by atoms with Crippen LogP contribution >= 0.6 is 34.4 Å². The highest BCUT2D eigenvalue weighted by Gasteiger charge is 2.35. The molecule has 1 heterocycles. The zero-order valence-electron chi connectivity index (χ0n) is 23.3. The van der Waals surface area contributed by atoms with Crippen LogP contribution in [-0.4, -0.2) is 48.3 Å². The van der Waals surface area contributed by atoms with E-state index in [0.29, 0.717) is 37.8 Å². The van der Waals surface area contributed by atoms with Crippen molar-refractivity contribution in [3.05, 3.63) is 85.3 Å². The molecule has 0 radical (unpaired) electrons. The molecule has 1 fully saturated rings. The van der Waals surface area contributed by atoms with Crippen molar-refractivity contribution in [1.82, 2.24) is 4.90 Å². The Balaban J connectivity index is 1.42. The molecule has 10 heteroatoms. The smallest absolute Gasteiger partial charge is 0.293 e. The molecule has 0 bridgehead atoms. The van der Waals surface area contributed by atoms with Crippen LogP contribution in [-0.2, 0) is 9.59 Å². The van der Waals surface area contributed by atoms with E-state index in [1.807, 2.05) is 76.2 Å². The van der Waals surface area contributed by atoms with Crippen LogP contribution in [0.2, 0.25) is 0 Å². The van der Waals surface area contributed by atoms with Crippen molar-refractivity contribution in [2.75, 3.05) is 31.7 Å². The third-order valence-electron chi connectivity index (χ3n) is 6.07. The van der Waals surface area contributed by atoms with Gasteiger partial charge < -0.3 is 19.5 Å². The average Bonchev–Trinajstić information content (AvgIpc) is 3.17. The number of hydrogen-bond donors (Lipinski definition) is 1. The number of benzene rings is 3. The molecular weight excluding hydrogens is 655 g/mol. The van der Waals surface area contributed by atoms with Crippen molar-refractivity contribution < 1.29 is 28.6 Å². The van der Waals surface area contributed by atoms with Gasteiger partial charge in [0.1, 0.15) is 12.4 Å². The highest BCUT2D eigenvalue weighted by atomic mass is 127. The number of carbonyl (C=O) groups excluding carboxylic acids is 3. The molecule has 3 aromatic rings. The number of rotatable bonds is 11. The summed E-state index contributed by atoms with van der Waals surface area (Å²) in [7, 11) is 0. The predicted octanol–water partition coefficient (Wildman–Crippen LogP) is 6.75. The van der Waals surface area contributed by atoms with Gasteiger partial charge in [0, 0.05) is 5.69 Å². The van der Waals surface area contributed by atoms with Crippen LogP contribution in [0.1, 0.15) is 29.2 Å². The Bertz CT molecular complexity index is 1510. The van der Waals surface area contributed by atoms with Gasteiger partial charge in [-0.15, -0.1) is 0 Å². The summed E-state index contributed by atoms with van der Waals surface area (Å²) in [6.45, 7) is 8.25. The Morgan fingerprint density at radius 2 is 1.76 bits per heavy atom. The topological polar surface area (TPSA) is 94.2 Å². The van der Waals surface area contributed by atoms with Gasteiger partial charge in [0.2, 0.25) is 0 Å². The van der Waals surface area contributed by atoms with Gasteiger partial charge in [-0.3, -0.25) is 19.3 Å². The van der Waals surface area contributed by atoms with E-state index in [1.165, 1.54) is 4.90 Å². The van der Waals surface area contributed by atoms with Gasteiger partial charge in [-0.05, 0) is 121 Å². The van der Waals surface area contributed by atoms with Crippen molar-refractivity contribution in [1.29, 1.82) is 0 Å². The van der Waals surface area contributed by atoms with Crippen LogP contribution in [0.4, 0.5) is 10.5 Å². The van der Waals surface area contributed by atoms with Crippen molar-refractivity contribution in [2.45, 2.75) is 27.7 Å². The van der Waals surface area contributed by atoms with Gasteiger partial charge in [-0.1, -0.05) is 24.3 Å². The van der Waals surface area contributed by atoms with E-state index in [4.69, 9.17) is 14.2 Å². The third-order valence-corrected chi connectivity index (χ3v) is 7.78. The number of anilines is 1. The molecule has 1 N–H and O–H groups in total. The van der Waals surface area contributed by atoms with Crippen molar-refractivity contribution in [2.24, 2.45) is 0 Å². The first kappa shape index (κ1) is 30.4. The SMILES string of the molecule is CCOc1cc(/C=C2\SC(=O)N(CCOc3cc(C)ccc3C)C2=O)cc(I)c1OCC(=O)Nc1cccc(C)c1. The number of amides is 3. The van der Waals surface area contributed by atoms with E-state index in [9.17, 15) is 14.4 Å². The summed E-state index contributed by atoms with van der Waals surface area (Å²) in [5, 5.41) is 2.48. The molecular formula is C31H31IN2O6S. The maximum absolute atomic E-state index is 13.1. The van der Waals surface area contributed by atoms with E-state index < -0.39 is 0 Å². The molecule has 214 valence electrons. The van der Waals surface area contributed by atoms with Gasteiger partial charge in [0.15, 0.2) is 18.1 Å². The van der Waals surface area contributed by atoms with Crippen molar-refractivity contribution in [3.63, 3.8) is 0 Å². The number of halogens is 1. The second-order valence-electron chi connectivity index (χ2n) is 9.42. The number of ether oxygens (including phenoxy) is 3. The van der Waals surface area contributed by atoms with Crippen molar-refractivity contribution in [3.8, 4) is 17.2 Å². The molecule has 0 unspecified atom stereocenters. The Morgan fingerprint density at radius 1 is 0.976 bits per heavy atom. The van der Waals surface area contributed by atoms with Gasteiger partial charge in [0.05, 0.1) is 21.6 Å². The lowest BCUT2D eigenvalue weighted by Gasteiger charge is -2.15. The number of aryl methyl sites for hydroxylation is 3. The summed E-state index contributed by atoms with van der Waals surface area (Å²) in [6, 6.07) is 17.0. The minimum absolute atomic E-state index is 0.147. The third kappa shape index (κ3) is 8.04. The van der Waals surface area contributed by atoms with E-state index in [0.717, 1.165) is 34.2 Å². The van der Waals surface area contributed by atoms with E-state index >= 15 is 0 Å². The Kier molecular flexibility index (Phi) is 10.3. The first-order valence-corrected chi connectivity index (χ1v) is 14.9. The molecule has 1 aliphatic heterocycles. The molecule has 41 heavy (non-hydrogen) atoms. The minimum atomic E-state index is -0.370. The molecule has 8 nitrogen and oxygen atoms in total. The molecule has 0 spiro atoms. The lowest BCUT2D eigenvalue weighted by atomic mass is 10.1. The predicted molar refractivity (Wildman–Crippen MR) is 170 cm³/mol. The summed E-state index contributed by atoms with van der Waals surface area (Å²) in [5.74, 6) is 0.940. The number of nitrogens with zero attached hydrogens (tertiary/aromatic N) is 1. The van der Waals surface area contributed by atoms with E-state index in [-0.39, 0.29) is 36.8 Å². The Hall–Kier alpha value is -3.51. The largest absolute Gasteiger partial charge is 0.491 e. The van der Waals surface area contributed by atoms with Gasteiger partial charge in [-0.25, -0.2) is 0 Å². The van der Waals surface area contributed by atoms with Crippen LogP contribution in [0.5, 0.6) is 17.2 Å². The standard InChI is InChI=1S/C31H31IN2O6S/c1-5-38-26-16-22(15-24(32)29(26)40-18-28(35)33-23-8-6-7-19(2)13-23)17-27-30(36)34(31(37)41-27)11-12-39-25-14-20(3)9-10-21(25)4/h6-10,13-17H,5,11-12,18H2,1-4H3,(H,33,35)/b27-17-. The first-order chi connectivity index (χ1) is 19.6. The summed E-state index contributed by atoms with van der Waals surface area (Å²) >= 11 is 2.99. The number of thioether (sulfide) groups is 1. The highest BCUT2D eigenvalue weighted by molar-refractivity contribution is 14.1. The molecule has 0 aromatic heterocycles. The summed E-state index contributed by atoms with van der Waals surface area (Å²) in [4.78, 5) is 39.7. The van der Waals surface area contributed by atoms with Crippen LogP contribution in [0.25, 0.3) is 6.08 Å². The van der Waals surface area contributed by atoms with Crippen LogP contribution in [0.15, 0.2) is 59.5 Å². The molecule has 1 aliphatic rings. The van der Waals surface area contributed by atoms with Crippen LogP contribution in [0.3, 0.4) is 0 Å². The maximum atomic E-state index is 13.1. The van der Waals surface area contributed by atoms with E-state index in [1.54, 1.807) is 12.1 Å². The number of hydrogen-bond acceptors (Lipinski definition) is 7. The maximum Gasteiger partial charge on any atom is 0.293 e. The number of carbonyl (C=O) groups is 3. The highest BCUT2D eigenvalue weighted by Crippen LogP contribution is 2.37. The molecule has 3 amide bonds. The molecule has 0 atom stereocenters. The summed E-state index contributed by atoms with van der Waals surface area (Å²) < 4.78 is 18.2. The van der Waals surface area contributed by atoms with E-state index in [2.05, 4.69) is 27.9 Å². The molecule has 0 aliphatic carbocycles. The quantitative estimate of drug-likeness (QED) is 0.176. The first-order valence-electron chi connectivity index (χ1n) is 13.1. The second-order valence-corrected chi connectivity index (χ2v) is 11.6. The molecule has 4 rings (SSSR count). The average molecular weight is 687 g/mol. The number of imide groups is 1. The summed E-state index contributed by atoms with van der Waals surface area (Å²) in [6.07, 6.45) is 1.66. The monoisotopic (exact) mass is 686 g/mol. The molecule has 3 aromatic carbocycles. The Morgan fingerprint density at radius 3 is 2.51 bits per heavy atom. The fraction of sp³-hybridized carbons (Fsp3) is 0.258. The van der Waals surface area contributed by atoms with Crippen LogP contribution in [0, 0.1) is 24.3 Å². The minimum Gasteiger partial charge on any atom is -0.491 e. The normalized spacial score (nSPS) is 14.0. The lowest BCUT2D eigenvalue weighted by Crippen LogP contribution is -2.32. The van der Waals surface area contributed by atoms with Gasteiger partial charge >= 0.3 is 0 Å². The lowest BCUT2D eigenvalue weighted by molar-refractivity contribution is -0.123. The fourth-order valence-electron chi connectivity index (χ4n) is 4.09. The zero-order chi connectivity index (χ0) is 29.5. The molecule has 0 saturated carbocycles. The van der Waals surface area contributed by atoms with Gasteiger partial charge in [0.25, 0.3) is 17.1 Å². The Labute approximate surface area is 257 Å². The molecule has 1 saturated heterocycles. The van der Waals surface area contributed by atoms with Crippen molar-refractivity contribution >= 4 is 63.2 Å².